The summed E-state index contributed by atoms with van der Waals surface area (Å²) < 4.78 is 13.1. The molecule has 0 fully saturated rings. The molecule has 2 N–H and O–H groups in total. The van der Waals surface area contributed by atoms with Gasteiger partial charge in [-0.2, -0.15) is 5.26 Å². The number of rotatable bonds is 7. The lowest BCUT2D eigenvalue weighted by Crippen LogP contribution is -2.32. The third-order valence-electron chi connectivity index (χ3n) is 3.83. The molecule has 1 aliphatic rings. The Kier molecular flexibility index (Phi) is 7.02. The number of halogens is 1. The number of nitrogens with one attached hydrogen (secondary N) is 2. The lowest BCUT2D eigenvalue weighted by Gasteiger charge is -2.25. The van der Waals surface area contributed by atoms with Crippen molar-refractivity contribution >= 4 is 23.6 Å². The number of unbranched alkanes of at least 4 members (excludes halogenated alkanes) is 1. The molecular formula is C18H20FN3O2S. The maximum Gasteiger partial charge on any atom is 0.230 e. The standard InChI is InChI=1S/C18H20FN3O2S/c1-2-3-8-21-17(24)11-25-18-15(10-20)14(9-16(23)22-18)12-4-6-13(19)7-5-12/h4-7,14H,2-3,8-9,11H2,1H3,(H,21,24)(H,22,23)/t14-/m0/s1. The fourth-order valence-corrected chi connectivity index (χ4v) is 3.41. The minimum absolute atomic E-state index is 0.126. The van der Waals surface area contributed by atoms with Crippen molar-refractivity contribution in [1.29, 1.82) is 5.26 Å². The maximum atomic E-state index is 13.1. The minimum atomic E-state index is -0.426. The summed E-state index contributed by atoms with van der Waals surface area (Å²) in [6, 6.07) is 7.91. The summed E-state index contributed by atoms with van der Waals surface area (Å²) in [4.78, 5) is 23.8. The number of nitrogens with zero attached hydrogens (tertiary/aromatic N) is 1. The molecule has 5 nitrogen and oxygen atoms in total. The number of nitriles is 1. The first kappa shape index (κ1) is 19.0. The second-order valence-electron chi connectivity index (χ2n) is 5.70. The first-order valence-corrected chi connectivity index (χ1v) is 9.12. The molecule has 1 heterocycles. The molecule has 0 radical (unpaired) electrons. The molecular weight excluding hydrogens is 341 g/mol. The van der Waals surface area contributed by atoms with Crippen LogP contribution in [0.2, 0.25) is 0 Å². The van der Waals surface area contributed by atoms with Gasteiger partial charge in [0.15, 0.2) is 0 Å². The zero-order valence-corrected chi connectivity index (χ0v) is 14.8. The molecule has 7 heteroatoms. The molecule has 132 valence electrons. The fourth-order valence-electron chi connectivity index (χ4n) is 2.51. The Labute approximate surface area is 150 Å². The van der Waals surface area contributed by atoms with Crippen LogP contribution in [0, 0.1) is 17.1 Å². The Hall–Kier alpha value is -2.33. The Morgan fingerprint density at radius 1 is 1.44 bits per heavy atom. The van der Waals surface area contributed by atoms with E-state index in [-0.39, 0.29) is 29.8 Å². The first-order chi connectivity index (χ1) is 12.0. The normalized spacial score (nSPS) is 17.0. The van der Waals surface area contributed by atoms with Crippen molar-refractivity contribution in [3.8, 4) is 6.07 Å². The van der Waals surface area contributed by atoms with Crippen LogP contribution in [0.15, 0.2) is 34.9 Å². The summed E-state index contributed by atoms with van der Waals surface area (Å²) >= 11 is 1.14. The molecule has 0 saturated carbocycles. The molecule has 1 aromatic carbocycles. The van der Waals surface area contributed by atoms with Crippen LogP contribution in [0.4, 0.5) is 4.39 Å². The average Bonchev–Trinajstić information content (AvgIpc) is 2.60. The molecule has 2 amide bonds. The summed E-state index contributed by atoms with van der Waals surface area (Å²) in [6.07, 6.45) is 2.03. The topological polar surface area (TPSA) is 82.0 Å². The van der Waals surface area contributed by atoms with Gasteiger partial charge in [0.2, 0.25) is 11.8 Å². The number of carbonyl (C=O) groups excluding carboxylic acids is 2. The van der Waals surface area contributed by atoms with E-state index in [2.05, 4.69) is 16.7 Å². The van der Waals surface area contributed by atoms with Crippen LogP contribution in [0.25, 0.3) is 0 Å². The van der Waals surface area contributed by atoms with Crippen molar-refractivity contribution in [3.05, 3.63) is 46.2 Å². The van der Waals surface area contributed by atoms with Crippen LogP contribution >= 0.6 is 11.8 Å². The summed E-state index contributed by atoms with van der Waals surface area (Å²) in [5.74, 6) is -1.03. The van der Waals surface area contributed by atoms with E-state index < -0.39 is 5.92 Å². The Morgan fingerprint density at radius 2 is 2.16 bits per heavy atom. The number of amides is 2. The van der Waals surface area contributed by atoms with Gasteiger partial charge in [-0.05, 0) is 24.1 Å². The highest BCUT2D eigenvalue weighted by atomic mass is 32.2. The molecule has 0 aliphatic carbocycles. The van der Waals surface area contributed by atoms with Crippen molar-refractivity contribution in [2.45, 2.75) is 32.1 Å². The lowest BCUT2D eigenvalue weighted by atomic mass is 9.87. The van der Waals surface area contributed by atoms with Crippen molar-refractivity contribution in [2.75, 3.05) is 12.3 Å². The third kappa shape index (κ3) is 5.33. The van der Waals surface area contributed by atoms with Gasteiger partial charge in [-0.3, -0.25) is 9.59 Å². The van der Waals surface area contributed by atoms with Gasteiger partial charge in [-0.25, -0.2) is 4.39 Å². The van der Waals surface area contributed by atoms with Crippen LogP contribution < -0.4 is 10.6 Å². The summed E-state index contributed by atoms with van der Waals surface area (Å²) in [6.45, 7) is 2.66. The van der Waals surface area contributed by atoms with E-state index in [1.165, 1.54) is 12.1 Å². The molecule has 0 aromatic heterocycles. The van der Waals surface area contributed by atoms with E-state index in [9.17, 15) is 19.2 Å². The van der Waals surface area contributed by atoms with E-state index in [0.717, 1.165) is 24.6 Å². The van der Waals surface area contributed by atoms with E-state index in [0.29, 0.717) is 22.7 Å². The van der Waals surface area contributed by atoms with E-state index in [4.69, 9.17) is 0 Å². The Bertz CT molecular complexity index is 710. The smallest absolute Gasteiger partial charge is 0.230 e. The highest BCUT2D eigenvalue weighted by Gasteiger charge is 2.29. The fraction of sp³-hybridized carbons (Fsp3) is 0.389. The number of allylic oxidation sites excluding steroid dienone is 1. The zero-order valence-electron chi connectivity index (χ0n) is 14.0. The Balaban J connectivity index is 2.13. The molecule has 1 aliphatic heterocycles. The van der Waals surface area contributed by atoms with Crippen molar-refractivity contribution in [2.24, 2.45) is 0 Å². The quantitative estimate of drug-likeness (QED) is 0.732. The molecule has 0 spiro atoms. The number of hydrogen-bond acceptors (Lipinski definition) is 4. The van der Waals surface area contributed by atoms with Crippen LogP contribution in [0.1, 0.15) is 37.7 Å². The van der Waals surface area contributed by atoms with Gasteiger partial charge in [-0.1, -0.05) is 37.2 Å². The molecule has 0 saturated heterocycles. The average molecular weight is 361 g/mol. The van der Waals surface area contributed by atoms with E-state index in [1.807, 2.05) is 6.92 Å². The maximum absolute atomic E-state index is 13.1. The molecule has 25 heavy (non-hydrogen) atoms. The molecule has 0 bridgehead atoms. The zero-order chi connectivity index (χ0) is 18.2. The third-order valence-corrected chi connectivity index (χ3v) is 4.85. The van der Waals surface area contributed by atoms with Crippen LogP contribution in [0.3, 0.4) is 0 Å². The first-order valence-electron chi connectivity index (χ1n) is 8.14. The molecule has 1 atom stereocenters. The number of carbonyl (C=O) groups is 2. The summed E-state index contributed by atoms with van der Waals surface area (Å²) in [5.41, 5.74) is 1.11. The predicted molar refractivity (Wildman–Crippen MR) is 94.9 cm³/mol. The molecule has 1 aromatic rings. The number of hydrogen-bond donors (Lipinski definition) is 2. The summed E-state index contributed by atoms with van der Waals surface area (Å²) in [7, 11) is 0. The van der Waals surface area contributed by atoms with Crippen molar-refractivity contribution < 1.29 is 14.0 Å². The van der Waals surface area contributed by atoms with Crippen LogP contribution in [-0.4, -0.2) is 24.1 Å². The van der Waals surface area contributed by atoms with Crippen molar-refractivity contribution in [1.82, 2.24) is 10.6 Å². The second-order valence-corrected chi connectivity index (χ2v) is 6.69. The van der Waals surface area contributed by atoms with Gasteiger partial charge in [0.25, 0.3) is 0 Å². The summed E-state index contributed by atoms with van der Waals surface area (Å²) in [5, 5.41) is 15.4. The van der Waals surface area contributed by atoms with Crippen LogP contribution in [0.5, 0.6) is 0 Å². The SMILES string of the molecule is CCCCNC(=O)CSC1=C(C#N)[C@H](c2ccc(F)cc2)CC(=O)N1. The van der Waals surface area contributed by atoms with Gasteiger partial charge >= 0.3 is 0 Å². The predicted octanol–water partition coefficient (Wildman–Crippen LogP) is 2.81. The number of benzene rings is 1. The number of thioether (sulfide) groups is 1. The highest BCUT2D eigenvalue weighted by molar-refractivity contribution is 8.03. The lowest BCUT2D eigenvalue weighted by molar-refractivity contribution is -0.121. The largest absolute Gasteiger partial charge is 0.355 e. The highest BCUT2D eigenvalue weighted by Crippen LogP contribution is 2.35. The van der Waals surface area contributed by atoms with Gasteiger partial charge in [-0.15, -0.1) is 0 Å². The second kappa shape index (κ2) is 9.23. The minimum Gasteiger partial charge on any atom is -0.355 e. The molecule has 0 unspecified atom stereocenters. The monoisotopic (exact) mass is 361 g/mol. The van der Waals surface area contributed by atoms with E-state index >= 15 is 0 Å². The Morgan fingerprint density at radius 3 is 2.80 bits per heavy atom. The van der Waals surface area contributed by atoms with E-state index in [1.54, 1.807) is 12.1 Å². The van der Waals surface area contributed by atoms with Crippen LogP contribution in [-0.2, 0) is 9.59 Å². The van der Waals surface area contributed by atoms with Crippen molar-refractivity contribution in [3.63, 3.8) is 0 Å². The van der Waals surface area contributed by atoms with Gasteiger partial charge < -0.3 is 10.6 Å². The van der Waals surface area contributed by atoms with Gasteiger partial charge in [0.05, 0.1) is 22.4 Å². The van der Waals surface area contributed by atoms with Gasteiger partial charge in [0.1, 0.15) is 5.82 Å². The molecule has 2 rings (SSSR count). The van der Waals surface area contributed by atoms with Gasteiger partial charge in [0, 0.05) is 18.9 Å².